The summed E-state index contributed by atoms with van der Waals surface area (Å²) in [7, 11) is 1.40. The third-order valence-electron chi connectivity index (χ3n) is 8.77. The first-order valence-electron chi connectivity index (χ1n) is 15.1. The Labute approximate surface area is 265 Å². The van der Waals surface area contributed by atoms with Crippen LogP contribution in [-0.2, 0) is 29.2 Å². The lowest BCUT2D eigenvalue weighted by molar-refractivity contribution is -0.0592. The normalized spacial score (nSPS) is 17.3. The molecule has 3 aromatic heterocycles. The van der Waals surface area contributed by atoms with Gasteiger partial charge in [-0.05, 0) is 74.3 Å². The van der Waals surface area contributed by atoms with Crippen molar-refractivity contribution in [3.8, 4) is 11.9 Å². The maximum absolute atomic E-state index is 12.2. The van der Waals surface area contributed by atoms with Crippen LogP contribution in [-0.4, -0.2) is 58.3 Å². The van der Waals surface area contributed by atoms with Gasteiger partial charge in [0.15, 0.2) is 5.22 Å². The van der Waals surface area contributed by atoms with Crippen LogP contribution in [0.5, 0.6) is 5.88 Å². The Bertz CT molecular complexity index is 1920. The highest BCUT2D eigenvalue weighted by Crippen LogP contribution is 2.32. The van der Waals surface area contributed by atoms with Crippen LogP contribution in [0.1, 0.15) is 58.2 Å². The summed E-state index contributed by atoms with van der Waals surface area (Å²) in [5.74, 6) is 1.48. The molecule has 0 spiro atoms. The van der Waals surface area contributed by atoms with Crippen molar-refractivity contribution in [2.45, 2.75) is 51.0 Å². The van der Waals surface area contributed by atoms with E-state index in [0.717, 1.165) is 67.1 Å². The molecule has 11 heteroatoms. The minimum absolute atomic E-state index is 0.161. The van der Waals surface area contributed by atoms with Gasteiger partial charge in [-0.25, -0.2) is 14.8 Å². The summed E-state index contributed by atoms with van der Waals surface area (Å²) in [4.78, 5) is 24.4. The van der Waals surface area contributed by atoms with Crippen molar-refractivity contribution in [1.82, 2.24) is 19.4 Å². The molecule has 0 saturated carbocycles. The van der Waals surface area contributed by atoms with Crippen molar-refractivity contribution < 1.29 is 23.4 Å². The van der Waals surface area contributed by atoms with Crippen LogP contribution in [0.15, 0.2) is 59.0 Å². The average Bonchev–Trinajstić information content (AvgIpc) is 3.60. The number of halogens is 1. The topological polar surface area (TPSA) is 116 Å². The molecule has 2 aromatic carbocycles. The summed E-state index contributed by atoms with van der Waals surface area (Å²) in [6.07, 6.45) is 3.12. The van der Waals surface area contributed by atoms with Crippen molar-refractivity contribution in [2.24, 2.45) is 0 Å². The molecule has 0 aliphatic carbocycles. The third-order valence-corrected chi connectivity index (χ3v) is 8.96. The van der Waals surface area contributed by atoms with Crippen LogP contribution in [0.4, 0.5) is 0 Å². The molecule has 0 amide bonds. The summed E-state index contributed by atoms with van der Waals surface area (Å²) in [6.45, 7) is 4.28. The number of nitriles is 1. The van der Waals surface area contributed by atoms with Crippen molar-refractivity contribution in [3.63, 3.8) is 0 Å². The fourth-order valence-corrected chi connectivity index (χ4v) is 6.40. The number of piperidine rings is 1. The summed E-state index contributed by atoms with van der Waals surface area (Å²) >= 11 is 6.08. The number of rotatable bonds is 9. The molecule has 0 radical (unpaired) electrons. The number of likely N-dealkylation sites (tertiary alicyclic amines) is 1. The number of pyridine rings is 1. The van der Waals surface area contributed by atoms with Gasteiger partial charge < -0.3 is 23.2 Å². The second-order valence-electron chi connectivity index (χ2n) is 11.5. The average molecular weight is 626 g/mol. The van der Waals surface area contributed by atoms with E-state index in [4.69, 9.17) is 40.2 Å². The van der Waals surface area contributed by atoms with Crippen LogP contribution in [0.2, 0.25) is 5.22 Å². The third kappa shape index (κ3) is 5.99. The summed E-state index contributed by atoms with van der Waals surface area (Å²) in [5.41, 5.74) is 5.19. The molecule has 7 rings (SSSR count). The first kappa shape index (κ1) is 29.3. The van der Waals surface area contributed by atoms with Gasteiger partial charge in [0, 0.05) is 41.3 Å². The van der Waals surface area contributed by atoms with Crippen molar-refractivity contribution >= 4 is 39.6 Å². The largest absolute Gasteiger partial charge is 0.473 e. The van der Waals surface area contributed by atoms with E-state index in [0.29, 0.717) is 47.0 Å². The smallest absolute Gasteiger partial charge is 0.337 e. The van der Waals surface area contributed by atoms with E-state index < -0.39 is 0 Å². The van der Waals surface area contributed by atoms with Gasteiger partial charge in [0.05, 0.1) is 54.5 Å². The first-order valence-corrected chi connectivity index (χ1v) is 15.5. The molecule has 45 heavy (non-hydrogen) atoms. The zero-order valence-corrected chi connectivity index (χ0v) is 25.6. The molecule has 5 heterocycles. The van der Waals surface area contributed by atoms with Crippen LogP contribution in [0.3, 0.4) is 0 Å². The first-order chi connectivity index (χ1) is 22.0. The lowest BCUT2D eigenvalue weighted by atomic mass is 9.93. The standard InChI is InChI=1S/C34H32ClN5O5/c1-42-34(41)22-7-8-28-29(15-22)40(18-25-11-14-43-25)31(37-28)19-39-12-9-21(10-13-39)27-3-2-4-32(38-27)44-20-24-6-5-23(17-36)26-16-30(35)45-33(24)26/h2-8,15-16,21,25H,9-14,18-20H2,1H3. The lowest BCUT2D eigenvalue weighted by Crippen LogP contribution is -2.35. The molecule has 2 fully saturated rings. The molecule has 230 valence electrons. The highest BCUT2D eigenvalue weighted by atomic mass is 35.5. The summed E-state index contributed by atoms with van der Waals surface area (Å²) in [5, 5.41) is 10.3. The van der Waals surface area contributed by atoms with Crippen LogP contribution in [0, 0.1) is 11.3 Å². The van der Waals surface area contributed by atoms with Gasteiger partial charge in [-0.3, -0.25) is 4.90 Å². The molecule has 0 bridgehead atoms. The Hall–Kier alpha value is -4.43. The van der Waals surface area contributed by atoms with Gasteiger partial charge in [0.1, 0.15) is 18.0 Å². The van der Waals surface area contributed by atoms with E-state index >= 15 is 0 Å². The number of benzene rings is 2. The number of carbonyl (C=O) groups excluding carboxylic acids is 1. The van der Waals surface area contributed by atoms with Gasteiger partial charge in [-0.1, -0.05) is 12.1 Å². The Balaban J connectivity index is 1.01. The van der Waals surface area contributed by atoms with E-state index in [1.807, 2.05) is 30.3 Å². The molecule has 2 saturated heterocycles. The number of carbonyl (C=O) groups is 1. The zero-order chi connectivity index (χ0) is 30.9. The quantitative estimate of drug-likeness (QED) is 0.176. The molecule has 10 nitrogen and oxygen atoms in total. The number of fused-ring (bicyclic) bond motifs is 2. The number of nitrogens with zero attached hydrogens (tertiary/aromatic N) is 5. The summed E-state index contributed by atoms with van der Waals surface area (Å²) < 4.78 is 24.6. The molecule has 1 atom stereocenters. The van der Waals surface area contributed by atoms with Crippen molar-refractivity contribution in [2.75, 3.05) is 26.8 Å². The molecule has 2 aliphatic heterocycles. The van der Waals surface area contributed by atoms with Gasteiger partial charge in [0.25, 0.3) is 0 Å². The van der Waals surface area contributed by atoms with Gasteiger partial charge >= 0.3 is 5.97 Å². The van der Waals surface area contributed by atoms with Crippen molar-refractivity contribution in [1.29, 1.82) is 5.26 Å². The van der Waals surface area contributed by atoms with E-state index in [1.54, 1.807) is 18.2 Å². The molecule has 2 aliphatic rings. The predicted octanol–water partition coefficient (Wildman–Crippen LogP) is 6.24. The lowest BCUT2D eigenvalue weighted by Gasteiger charge is -2.32. The molecular weight excluding hydrogens is 594 g/mol. The maximum atomic E-state index is 12.2. The number of imidazole rings is 1. The molecule has 0 N–H and O–H groups in total. The van der Waals surface area contributed by atoms with Gasteiger partial charge in [0.2, 0.25) is 5.88 Å². The number of ether oxygens (including phenoxy) is 3. The van der Waals surface area contributed by atoms with Crippen LogP contribution < -0.4 is 4.74 Å². The zero-order valence-electron chi connectivity index (χ0n) is 24.9. The second kappa shape index (κ2) is 12.5. The van der Waals surface area contributed by atoms with Gasteiger partial charge in [-0.15, -0.1) is 0 Å². The van der Waals surface area contributed by atoms with Crippen LogP contribution in [0.25, 0.3) is 22.0 Å². The Morgan fingerprint density at radius 3 is 2.71 bits per heavy atom. The monoisotopic (exact) mass is 625 g/mol. The highest BCUT2D eigenvalue weighted by molar-refractivity contribution is 6.29. The van der Waals surface area contributed by atoms with Gasteiger partial charge in [-0.2, -0.15) is 5.26 Å². The van der Waals surface area contributed by atoms with E-state index in [-0.39, 0.29) is 23.9 Å². The molecule has 1 unspecified atom stereocenters. The molecule has 5 aromatic rings. The number of hydrogen-bond donors (Lipinski definition) is 0. The number of aromatic nitrogens is 3. The van der Waals surface area contributed by atoms with Crippen molar-refractivity contribution in [3.05, 3.63) is 88.0 Å². The van der Waals surface area contributed by atoms with E-state index in [9.17, 15) is 10.1 Å². The summed E-state index contributed by atoms with van der Waals surface area (Å²) in [6, 6.07) is 18.8. The Morgan fingerprint density at radius 1 is 1.11 bits per heavy atom. The maximum Gasteiger partial charge on any atom is 0.337 e. The fourth-order valence-electron chi connectivity index (χ4n) is 6.21. The number of hydrogen-bond acceptors (Lipinski definition) is 9. The number of esters is 1. The number of methoxy groups -OCH3 is 1. The minimum Gasteiger partial charge on any atom is -0.473 e. The Kier molecular flexibility index (Phi) is 8.15. The molecular formula is C34H32ClN5O5. The number of furan rings is 1. The van der Waals surface area contributed by atoms with E-state index in [2.05, 4.69) is 21.6 Å². The fraction of sp³-hybridized carbons (Fsp3) is 0.353. The predicted molar refractivity (Wildman–Crippen MR) is 167 cm³/mol. The van der Waals surface area contributed by atoms with Crippen LogP contribution >= 0.6 is 11.6 Å². The SMILES string of the molecule is COC(=O)c1ccc2nc(CN3CCC(c4cccc(OCc5ccc(C#N)c6cc(Cl)oc56)n4)CC3)n(CC3CCO3)c2c1. The highest BCUT2D eigenvalue weighted by Gasteiger charge is 2.26. The second-order valence-corrected chi connectivity index (χ2v) is 11.9. The minimum atomic E-state index is -0.356. The Morgan fingerprint density at radius 2 is 1.96 bits per heavy atom. The van der Waals surface area contributed by atoms with E-state index in [1.165, 1.54) is 7.11 Å².